The summed E-state index contributed by atoms with van der Waals surface area (Å²) in [5.41, 5.74) is 1.39. The van der Waals surface area contributed by atoms with Gasteiger partial charge in [0.15, 0.2) is 0 Å². The molecule has 1 heterocycles. The van der Waals surface area contributed by atoms with Gasteiger partial charge in [-0.25, -0.2) is 4.79 Å². The predicted octanol–water partition coefficient (Wildman–Crippen LogP) is 4.00. The fourth-order valence-corrected chi connectivity index (χ4v) is 3.15. The number of amides is 1. The zero-order valence-electron chi connectivity index (χ0n) is 14.8. The van der Waals surface area contributed by atoms with E-state index < -0.39 is 0 Å². The number of carbonyl (C=O) groups excluding carboxylic acids is 1. The summed E-state index contributed by atoms with van der Waals surface area (Å²) >= 11 is 0. The van der Waals surface area contributed by atoms with Gasteiger partial charge in [-0.15, -0.1) is 0 Å². The lowest BCUT2D eigenvalue weighted by Gasteiger charge is -2.26. The van der Waals surface area contributed by atoms with Gasteiger partial charge in [-0.05, 0) is 57.2 Å². The van der Waals surface area contributed by atoms with Crippen molar-refractivity contribution in [3.05, 3.63) is 35.9 Å². The Morgan fingerprint density at radius 2 is 1.79 bits per heavy atom. The summed E-state index contributed by atoms with van der Waals surface area (Å²) in [5, 5.41) is 2.85. The number of piperidine rings is 1. The van der Waals surface area contributed by atoms with Gasteiger partial charge in [0.25, 0.3) is 0 Å². The maximum Gasteiger partial charge on any atom is 0.407 e. The van der Waals surface area contributed by atoms with Crippen LogP contribution in [-0.4, -0.2) is 43.8 Å². The van der Waals surface area contributed by atoms with Crippen LogP contribution in [0.15, 0.2) is 30.3 Å². The van der Waals surface area contributed by atoms with Crippen molar-refractivity contribution in [2.24, 2.45) is 0 Å². The Hall–Kier alpha value is -1.55. The molecule has 1 aromatic rings. The molecule has 0 atom stereocenters. The number of nitrogens with one attached hydrogen (secondary N) is 1. The van der Waals surface area contributed by atoms with Crippen molar-refractivity contribution < 1.29 is 9.53 Å². The molecular weight excluding hydrogens is 300 g/mol. The molecule has 0 spiro atoms. The third-order valence-electron chi connectivity index (χ3n) is 4.55. The largest absolute Gasteiger partial charge is 0.450 e. The first-order valence-corrected chi connectivity index (χ1v) is 9.51. The first kappa shape index (κ1) is 18.8. The molecule has 1 aliphatic rings. The van der Waals surface area contributed by atoms with E-state index in [4.69, 9.17) is 4.74 Å². The summed E-state index contributed by atoms with van der Waals surface area (Å²) in [7, 11) is 0. The van der Waals surface area contributed by atoms with Gasteiger partial charge in [0, 0.05) is 13.1 Å². The van der Waals surface area contributed by atoms with E-state index in [2.05, 4.69) is 34.5 Å². The van der Waals surface area contributed by atoms with Crippen molar-refractivity contribution in [2.75, 3.05) is 32.8 Å². The number of likely N-dealkylation sites (tertiary alicyclic amines) is 1. The van der Waals surface area contributed by atoms with Gasteiger partial charge in [0.1, 0.15) is 0 Å². The van der Waals surface area contributed by atoms with Crippen LogP contribution in [0.1, 0.15) is 50.5 Å². The number of hydrogen-bond acceptors (Lipinski definition) is 3. The number of ether oxygens (including phenoxy) is 1. The average Bonchev–Trinajstić information content (AvgIpc) is 2.63. The molecule has 1 fully saturated rings. The van der Waals surface area contributed by atoms with Crippen molar-refractivity contribution in [2.45, 2.75) is 51.4 Å². The molecule has 0 saturated carbocycles. The normalized spacial score (nSPS) is 15.2. The van der Waals surface area contributed by atoms with Crippen LogP contribution >= 0.6 is 0 Å². The highest BCUT2D eigenvalue weighted by Crippen LogP contribution is 2.08. The van der Waals surface area contributed by atoms with Crippen molar-refractivity contribution in [3.63, 3.8) is 0 Å². The van der Waals surface area contributed by atoms with Crippen LogP contribution in [0.2, 0.25) is 0 Å². The monoisotopic (exact) mass is 332 g/mol. The summed E-state index contributed by atoms with van der Waals surface area (Å²) in [4.78, 5) is 14.1. The molecule has 0 unspecified atom stereocenters. The van der Waals surface area contributed by atoms with Gasteiger partial charge >= 0.3 is 6.09 Å². The van der Waals surface area contributed by atoms with Gasteiger partial charge in [-0.1, -0.05) is 43.2 Å². The SMILES string of the molecule is O=C(NCCCCCc1ccccc1)OCCCN1CCCCC1. The Balaban J connectivity index is 1.38. The van der Waals surface area contributed by atoms with Crippen LogP contribution in [0, 0.1) is 0 Å². The molecule has 2 rings (SSSR count). The van der Waals surface area contributed by atoms with Gasteiger partial charge in [-0.3, -0.25) is 0 Å². The zero-order chi connectivity index (χ0) is 16.9. The fourth-order valence-electron chi connectivity index (χ4n) is 3.15. The minimum Gasteiger partial charge on any atom is -0.450 e. The highest BCUT2D eigenvalue weighted by atomic mass is 16.5. The highest BCUT2D eigenvalue weighted by molar-refractivity contribution is 5.66. The second-order valence-corrected chi connectivity index (χ2v) is 6.61. The molecule has 0 radical (unpaired) electrons. The third-order valence-corrected chi connectivity index (χ3v) is 4.55. The van der Waals surface area contributed by atoms with Crippen molar-refractivity contribution >= 4 is 6.09 Å². The zero-order valence-corrected chi connectivity index (χ0v) is 14.8. The molecular formula is C20H32N2O2. The number of benzene rings is 1. The summed E-state index contributed by atoms with van der Waals surface area (Å²) < 4.78 is 5.23. The third kappa shape index (κ3) is 8.34. The number of alkyl carbamates (subject to hydrolysis) is 1. The summed E-state index contributed by atoms with van der Waals surface area (Å²) in [5.74, 6) is 0. The first-order valence-electron chi connectivity index (χ1n) is 9.51. The lowest BCUT2D eigenvalue weighted by molar-refractivity contribution is 0.135. The Bertz CT molecular complexity index is 444. The summed E-state index contributed by atoms with van der Waals surface area (Å²) in [6, 6.07) is 10.5. The van der Waals surface area contributed by atoms with Crippen molar-refractivity contribution in [1.82, 2.24) is 10.2 Å². The van der Waals surface area contributed by atoms with E-state index in [9.17, 15) is 4.79 Å². The Labute approximate surface area is 146 Å². The molecule has 134 valence electrons. The minimum atomic E-state index is -0.267. The second kappa shape index (κ2) is 11.9. The van der Waals surface area contributed by atoms with Crippen LogP contribution < -0.4 is 5.32 Å². The lowest BCUT2D eigenvalue weighted by Crippen LogP contribution is -2.32. The van der Waals surface area contributed by atoms with E-state index >= 15 is 0 Å². The van der Waals surface area contributed by atoms with E-state index in [1.807, 2.05) is 6.07 Å². The predicted molar refractivity (Wildman–Crippen MR) is 98.3 cm³/mol. The van der Waals surface area contributed by atoms with Gasteiger partial charge in [0.2, 0.25) is 0 Å². The molecule has 24 heavy (non-hydrogen) atoms. The van der Waals surface area contributed by atoms with Gasteiger partial charge in [0.05, 0.1) is 6.61 Å². The van der Waals surface area contributed by atoms with Crippen LogP contribution in [0.4, 0.5) is 4.79 Å². The molecule has 0 aliphatic carbocycles. The smallest absolute Gasteiger partial charge is 0.407 e. The Morgan fingerprint density at radius 3 is 2.58 bits per heavy atom. The number of carbonyl (C=O) groups is 1. The Morgan fingerprint density at radius 1 is 1.00 bits per heavy atom. The number of aryl methyl sites for hydroxylation is 1. The molecule has 0 aromatic heterocycles. The van der Waals surface area contributed by atoms with Crippen LogP contribution in [0.5, 0.6) is 0 Å². The number of unbranched alkanes of at least 4 members (excludes halogenated alkanes) is 2. The summed E-state index contributed by atoms with van der Waals surface area (Å²) in [6.45, 7) is 4.69. The molecule has 1 aromatic carbocycles. The van der Waals surface area contributed by atoms with Crippen LogP contribution in [0.3, 0.4) is 0 Å². The topological polar surface area (TPSA) is 41.6 Å². The molecule has 0 bridgehead atoms. The number of rotatable bonds is 10. The standard InChI is InChI=1S/C20H32N2O2/c23-20(24-18-10-17-22-15-8-3-9-16-22)21-14-7-2-6-13-19-11-4-1-5-12-19/h1,4-5,11-12H,2-3,6-10,13-18H2,(H,21,23). The van der Waals surface area contributed by atoms with Gasteiger partial charge in [-0.2, -0.15) is 0 Å². The van der Waals surface area contributed by atoms with E-state index in [0.717, 1.165) is 38.6 Å². The fraction of sp³-hybridized carbons (Fsp3) is 0.650. The highest BCUT2D eigenvalue weighted by Gasteiger charge is 2.09. The molecule has 1 saturated heterocycles. The van der Waals surface area contributed by atoms with E-state index in [-0.39, 0.29) is 6.09 Å². The lowest BCUT2D eigenvalue weighted by atomic mass is 10.1. The van der Waals surface area contributed by atoms with E-state index in [1.54, 1.807) is 0 Å². The minimum absolute atomic E-state index is 0.267. The van der Waals surface area contributed by atoms with E-state index in [0.29, 0.717) is 13.2 Å². The Kier molecular flexibility index (Phi) is 9.32. The summed E-state index contributed by atoms with van der Waals surface area (Å²) in [6.07, 6.45) is 9.07. The maximum atomic E-state index is 11.6. The molecule has 4 nitrogen and oxygen atoms in total. The molecule has 1 amide bonds. The number of nitrogens with zero attached hydrogens (tertiary/aromatic N) is 1. The van der Waals surface area contributed by atoms with Crippen molar-refractivity contribution in [1.29, 1.82) is 0 Å². The molecule has 1 N–H and O–H groups in total. The second-order valence-electron chi connectivity index (χ2n) is 6.61. The van der Waals surface area contributed by atoms with Crippen LogP contribution in [-0.2, 0) is 11.2 Å². The molecule has 1 aliphatic heterocycles. The van der Waals surface area contributed by atoms with Crippen LogP contribution in [0.25, 0.3) is 0 Å². The quantitative estimate of drug-likeness (QED) is 0.658. The van der Waals surface area contributed by atoms with E-state index in [1.165, 1.54) is 37.9 Å². The number of hydrogen-bond donors (Lipinski definition) is 1. The first-order chi connectivity index (χ1) is 11.8. The maximum absolute atomic E-state index is 11.6. The molecule has 4 heteroatoms. The average molecular weight is 332 g/mol. The van der Waals surface area contributed by atoms with Gasteiger partial charge < -0.3 is 15.0 Å². The van der Waals surface area contributed by atoms with Crippen molar-refractivity contribution in [3.8, 4) is 0 Å².